The van der Waals surface area contributed by atoms with Gasteiger partial charge in [-0.3, -0.25) is 0 Å². The number of hydrogen-bond acceptors (Lipinski definition) is 2. The molecule has 1 aromatic carbocycles. The third-order valence-electron chi connectivity index (χ3n) is 2.10. The van der Waals surface area contributed by atoms with Crippen LogP contribution in [0.25, 0.3) is 0 Å². The van der Waals surface area contributed by atoms with E-state index in [-0.39, 0.29) is 0 Å². The minimum Gasteiger partial charge on any atom is -0.481 e. The fourth-order valence-electron chi connectivity index (χ4n) is 1.40. The SMILES string of the molecule is COc1cc(Br)nn1Cc1ccccc1. The van der Waals surface area contributed by atoms with E-state index in [9.17, 15) is 0 Å². The van der Waals surface area contributed by atoms with Gasteiger partial charge in [-0.15, -0.1) is 0 Å². The summed E-state index contributed by atoms with van der Waals surface area (Å²) in [6.45, 7) is 0.718. The van der Waals surface area contributed by atoms with Gasteiger partial charge in [0.15, 0.2) is 0 Å². The van der Waals surface area contributed by atoms with Crippen LogP contribution in [0.2, 0.25) is 0 Å². The Balaban J connectivity index is 2.24. The zero-order chi connectivity index (χ0) is 10.7. The van der Waals surface area contributed by atoms with Gasteiger partial charge in [-0.25, -0.2) is 4.68 Å². The average Bonchev–Trinajstić information content (AvgIpc) is 2.60. The predicted octanol–water partition coefficient (Wildman–Crippen LogP) is 2.70. The van der Waals surface area contributed by atoms with Crippen molar-refractivity contribution in [3.05, 3.63) is 46.6 Å². The summed E-state index contributed by atoms with van der Waals surface area (Å²) in [5.41, 5.74) is 1.20. The molecule has 0 radical (unpaired) electrons. The van der Waals surface area contributed by atoms with Crippen molar-refractivity contribution in [1.29, 1.82) is 0 Å². The second-order valence-corrected chi connectivity index (χ2v) is 3.97. The molecule has 0 fully saturated rings. The highest BCUT2D eigenvalue weighted by Gasteiger charge is 2.06. The minimum absolute atomic E-state index is 0.718. The van der Waals surface area contributed by atoms with Gasteiger partial charge >= 0.3 is 0 Å². The van der Waals surface area contributed by atoms with Crippen LogP contribution in [-0.2, 0) is 6.54 Å². The van der Waals surface area contributed by atoms with Crippen molar-refractivity contribution in [3.8, 4) is 5.88 Å². The molecule has 1 aromatic heterocycles. The molecular weight excluding hydrogens is 256 g/mol. The highest BCUT2D eigenvalue weighted by atomic mass is 79.9. The van der Waals surface area contributed by atoms with Crippen molar-refractivity contribution < 1.29 is 4.74 Å². The molecule has 0 aliphatic heterocycles. The Labute approximate surface area is 96.8 Å². The van der Waals surface area contributed by atoms with E-state index in [4.69, 9.17) is 4.74 Å². The van der Waals surface area contributed by atoms with E-state index in [1.807, 2.05) is 28.9 Å². The number of benzene rings is 1. The van der Waals surface area contributed by atoms with Gasteiger partial charge in [0.05, 0.1) is 13.7 Å². The number of methoxy groups -OCH3 is 1. The third kappa shape index (κ3) is 2.39. The zero-order valence-corrected chi connectivity index (χ0v) is 9.94. The smallest absolute Gasteiger partial charge is 0.212 e. The predicted molar refractivity (Wildman–Crippen MR) is 62.0 cm³/mol. The average molecular weight is 267 g/mol. The maximum absolute atomic E-state index is 5.21. The molecule has 0 bridgehead atoms. The van der Waals surface area contributed by atoms with Gasteiger partial charge in [-0.05, 0) is 21.5 Å². The second kappa shape index (κ2) is 4.49. The normalized spacial score (nSPS) is 10.3. The number of halogens is 1. The summed E-state index contributed by atoms with van der Waals surface area (Å²) in [5, 5.41) is 4.29. The van der Waals surface area contributed by atoms with Gasteiger partial charge in [-0.1, -0.05) is 30.3 Å². The molecule has 0 spiro atoms. The van der Waals surface area contributed by atoms with Crippen LogP contribution >= 0.6 is 15.9 Å². The molecule has 4 heteroatoms. The number of nitrogens with zero attached hydrogens (tertiary/aromatic N) is 2. The third-order valence-corrected chi connectivity index (χ3v) is 2.49. The van der Waals surface area contributed by atoms with Gasteiger partial charge in [0.25, 0.3) is 0 Å². The Morgan fingerprint density at radius 1 is 1.33 bits per heavy atom. The fraction of sp³-hybridized carbons (Fsp3) is 0.182. The van der Waals surface area contributed by atoms with E-state index in [1.54, 1.807) is 7.11 Å². The molecule has 0 atom stereocenters. The Bertz CT molecular complexity index is 439. The van der Waals surface area contributed by atoms with Crippen LogP contribution < -0.4 is 4.74 Å². The number of aromatic nitrogens is 2. The Kier molecular flexibility index (Phi) is 3.06. The first kappa shape index (κ1) is 10.2. The Morgan fingerprint density at radius 2 is 2.07 bits per heavy atom. The van der Waals surface area contributed by atoms with Crippen LogP contribution in [-0.4, -0.2) is 16.9 Å². The summed E-state index contributed by atoms with van der Waals surface area (Å²) in [5.74, 6) is 0.755. The van der Waals surface area contributed by atoms with Crippen LogP contribution in [0.15, 0.2) is 41.0 Å². The molecule has 0 saturated carbocycles. The lowest BCUT2D eigenvalue weighted by Gasteiger charge is -2.05. The molecule has 3 nitrogen and oxygen atoms in total. The van der Waals surface area contributed by atoms with E-state index in [0.29, 0.717) is 0 Å². The van der Waals surface area contributed by atoms with E-state index in [2.05, 4.69) is 33.2 Å². The quantitative estimate of drug-likeness (QED) is 0.854. The molecule has 0 N–H and O–H groups in total. The molecule has 0 saturated heterocycles. The van der Waals surface area contributed by atoms with Crippen molar-refractivity contribution in [1.82, 2.24) is 9.78 Å². The van der Waals surface area contributed by atoms with Crippen LogP contribution in [0, 0.1) is 0 Å². The zero-order valence-electron chi connectivity index (χ0n) is 8.35. The van der Waals surface area contributed by atoms with Gasteiger partial charge in [0.2, 0.25) is 5.88 Å². The molecule has 15 heavy (non-hydrogen) atoms. The van der Waals surface area contributed by atoms with Gasteiger partial charge < -0.3 is 4.74 Å². The van der Waals surface area contributed by atoms with Crippen molar-refractivity contribution in [3.63, 3.8) is 0 Å². The Morgan fingerprint density at radius 3 is 2.73 bits per heavy atom. The van der Waals surface area contributed by atoms with E-state index < -0.39 is 0 Å². The first-order valence-corrected chi connectivity index (χ1v) is 5.40. The number of hydrogen-bond donors (Lipinski definition) is 0. The molecule has 0 aliphatic rings. The topological polar surface area (TPSA) is 27.1 Å². The molecule has 0 aliphatic carbocycles. The second-order valence-electron chi connectivity index (χ2n) is 3.15. The highest BCUT2D eigenvalue weighted by Crippen LogP contribution is 2.18. The van der Waals surface area contributed by atoms with Crippen LogP contribution in [0.1, 0.15) is 5.56 Å². The van der Waals surface area contributed by atoms with Crippen molar-refractivity contribution in [2.45, 2.75) is 6.54 Å². The monoisotopic (exact) mass is 266 g/mol. The molecular formula is C11H11BrN2O. The lowest BCUT2D eigenvalue weighted by molar-refractivity contribution is 0.366. The molecule has 0 amide bonds. The summed E-state index contributed by atoms with van der Waals surface area (Å²) in [6, 6.07) is 12.0. The summed E-state index contributed by atoms with van der Waals surface area (Å²) < 4.78 is 7.81. The van der Waals surface area contributed by atoms with Crippen LogP contribution in [0.5, 0.6) is 5.88 Å². The lowest BCUT2D eigenvalue weighted by atomic mass is 10.2. The van der Waals surface area contributed by atoms with Gasteiger partial charge in [-0.2, -0.15) is 5.10 Å². The van der Waals surface area contributed by atoms with Crippen molar-refractivity contribution in [2.24, 2.45) is 0 Å². The molecule has 78 valence electrons. The van der Waals surface area contributed by atoms with Crippen LogP contribution in [0.4, 0.5) is 0 Å². The molecule has 2 aromatic rings. The fourth-order valence-corrected chi connectivity index (χ4v) is 1.79. The standard InChI is InChI=1S/C11H11BrN2O/c1-15-11-7-10(12)13-14(11)8-9-5-3-2-4-6-9/h2-7H,8H2,1H3. The summed E-state index contributed by atoms with van der Waals surface area (Å²) in [4.78, 5) is 0. The highest BCUT2D eigenvalue weighted by molar-refractivity contribution is 9.10. The van der Waals surface area contributed by atoms with Gasteiger partial charge in [0, 0.05) is 6.07 Å². The minimum atomic E-state index is 0.718. The molecule has 1 heterocycles. The van der Waals surface area contributed by atoms with Crippen LogP contribution in [0.3, 0.4) is 0 Å². The van der Waals surface area contributed by atoms with E-state index in [1.165, 1.54) is 5.56 Å². The lowest BCUT2D eigenvalue weighted by Crippen LogP contribution is -2.03. The maximum atomic E-state index is 5.21. The number of rotatable bonds is 3. The van der Waals surface area contributed by atoms with Gasteiger partial charge in [0.1, 0.15) is 4.60 Å². The molecule has 2 rings (SSSR count). The van der Waals surface area contributed by atoms with Crippen molar-refractivity contribution in [2.75, 3.05) is 7.11 Å². The number of ether oxygens (including phenoxy) is 1. The summed E-state index contributed by atoms with van der Waals surface area (Å²) in [7, 11) is 1.64. The van der Waals surface area contributed by atoms with Crippen molar-refractivity contribution >= 4 is 15.9 Å². The van der Waals surface area contributed by atoms with E-state index >= 15 is 0 Å². The van der Waals surface area contributed by atoms with E-state index in [0.717, 1.165) is 17.0 Å². The largest absolute Gasteiger partial charge is 0.481 e. The Hall–Kier alpha value is -1.29. The summed E-state index contributed by atoms with van der Waals surface area (Å²) >= 11 is 3.33. The summed E-state index contributed by atoms with van der Waals surface area (Å²) in [6.07, 6.45) is 0. The first-order valence-electron chi connectivity index (χ1n) is 4.61. The maximum Gasteiger partial charge on any atom is 0.212 e. The molecule has 0 unspecified atom stereocenters. The first-order chi connectivity index (χ1) is 7.29.